The molecule has 1 fully saturated rings. The van der Waals surface area contributed by atoms with Crippen molar-refractivity contribution in [1.29, 1.82) is 0 Å². The van der Waals surface area contributed by atoms with Gasteiger partial charge in [0.2, 0.25) is 15.9 Å². The van der Waals surface area contributed by atoms with Crippen LogP contribution in [0.4, 0.5) is 5.69 Å². The highest BCUT2D eigenvalue weighted by Gasteiger charge is 2.28. The first-order valence-corrected chi connectivity index (χ1v) is 8.39. The molecule has 7 heteroatoms. The van der Waals surface area contributed by atoms with Crippen molar-refractivity contribution in [2.24, 2.45) is 0 Å². The molecule has 0 unspecified atom stereocenters. The quantitative estimate of drug-likeness (QED) is 0.799. The lowest BCUT2D eigenvalue weighted by Crippen LogP contribution is -2.26. The van der Waals surface area contributed by atoms with Crippen LogP contribution in [0.25, 0.3) is 0 Å². The SMILES string of the molecule is CC(C)OCC(=O)Nc1cccc(S(=O)(=O)NC2CC2)c1. The minimum Gasteiger partial charge on any atom is -0.369 e. The normalized spacial score (nSPS) is 15.2. The van der Waals surface area contributed by atoms with Crippen LogP contribution in [0.1, 0.15) is 26.7 Å². The second-order valence-electron chi connectivity index (χ2n) is 5.33. The van der Waals surface area contributed by atoms with Gasteiger partial charge in [0.1, 0.15) is 6.61 Å². The molecule has 1 aromatic carbocycles. The number of rotatable bonds is 7. The van der Waals surface area contributed by atoms with E-state index in [1.165, 1.54) is 12.1 Å². The molecule has 21 heavy (non-hydrogen) atoms. The van der Waals surface area contributed by atoms with Gasteiger partial charge >= 0.3 is 0 Å². The summed E-state index contributed by atoms with van der Waals surface area (Å²) >= 11 is 0. The molecule has 1 aliphatic carbocycles. The molecular weight excluding hydrogens is 292 g/mol. The first-order chi connectivity index (χ1) is 9.87. The highest BCUT2D eigenvalue weighted by molar-refractivity contribution is 7.89. The molecule has 0 saturated heterocycles. The van der Waals surface area contributed by atoms with E-state index in [4.69, 9.17) is 4.74 Å². The van der Waals surface area contributed by atoms with Crippen LogP contribution < -0.4 is 10.0 Å². The van der Waals surface area contributed by atoms with E-state index in [-0.39, 0.29) is 29.6 Å². The molecule has 0 atom stereocenters. The summed E-state index contributed by atoms with van der Waals surface area (Å²) in [5, 5.41) is 2.62. The molecule has 0 aliphatic heterocycles. The first kappa shape index (κ1) is 15.9. The summed E-state index contributed by atoms with van der Waals surface area (Å²) in [4.78, 5) is 11.8. The molecule has 2 rings (SSSR count). The number of carbonyl (C=O) groups excluding carboxylic acids is 1. The van der Waals surface area contributed by atoms with Crippen LogP contribution in [0.5, 0.6) is 0 Å². The van der Waals surface area contributed by atoms with Crippen LogP contribution in [0.15, 0.2) is 29.2 Å². The summed E-state index contributed by atoms with van der Waals surface area (Å²) in [7, 11) is -3.51. The Morgan fingerprint density at radius 1 is 1.38 bits per heavy atom. The van der Waals surface area contributed by atoms with Gasteiger partial charge in [-0.3, -0.25) is 4.79 Å². The van der Waals surface area contributed by atoms with Crippen molar-refractivity contribution in [2.45, 2.75) is 43.7 Å². The first-order valence-electron chi connectivity index (χ1n) is 6.90. The summed E-state index contributed by atoms with van der Waals surface area (Å²) in [6, 6.07) is 6.24. The number of hydrogen-bond acceptors (Lipinski definition) is 4. The van der Waals surface area contributed by atoms with Gasteiger partial charge in [-0.25, -0.2) is 13.1 Å². The Labute approximate surface area is 124 Å². The zero-order chi connectivity index (χ0) is 15.5. The lowest BCUT2D eigenvalue weighted by Gasteiger charge is -2.10. The number of benzene rings is 1. The zero-order valence-corrected chi connectivity index (χ0v) is 12.9. The number of anilines is 1. The van der Waals surface area contributed by atoms with E-state index in [2.05, 4.69) is 10.0 Å². The van der Waals surface area contributed by atoms with E-state index in [1.807, 2.05) is 13.8 Å². The summed E-state index contributed by atoms with van der Waals surface area (Å²) in [6.45, 7) is 3.61. The molecule has 1 aromatic rings. The third kappa shape index (κ3) is 5.11. The van der Waals surface area contributed by atoms with E-state index in [9.17, 15) is 13.2 Å². The maximum absolute atomic E-state index is 12.1. The fraction of sp³-hybridized carbons (Fsp3) is 0.500. The fourth-order valence-corrected chi connectivity index (χ4v) is 3.02. The van der Waals surface area contributed by atoms with Gasteiger partial charge in [-0.15, -0.1) is 0 Å². The number of amides is 1. The Morgan fingerprint density at radius 3 is 2.71 bits per heavy atom. The second kappa shape index (κ2) is 6.55. The van der Waals surface area contributed by atoms with Gasteiger partial charge in [-0.1, -0.05) is 6.07 Å². The van der Waals surface area contributed by atoms with Crippen molar-refractivity contribution in [3.05, 3.63) is 24.3 Å². The highest BCUT2D eigenvalue weighted by atomic mass is 32.2. The predicted molar refractivity (Wildman–Crippen MR) is 79.5 cm³/mol. The van der Waals surface area contributed by atoms with Crippen molar-refractivity contribution in [3.8, 4) is 0 Å². The molecular formula is C14H20N2O4S. The van der Waals surface area contributed by atoms with Crippen LogP contribution in [-0.4, -0.2) is 33.1 Å². The minimum atomic E-state index is -3.51. The van der Waals surface area contributed by atoms with E-state index in [0.717, 1.165) is 12.8 Å². The third-order valence-corrected chi connectivity index (χ3v) is 4.39. The van der Waals surface area contributed by atoms with Gasteiger partial charge in [-0.2, -0.15) is 0 Å². The molecule has 6 nitrogen and oxygen atoms in total. The smallest absolute Gasteiger partial charge is 0.250 e. The van der Waals surface area contributed by atoms with Crippen LogP contribution in [0, 0.1) is 0 Å². The Balaban J connectivity index is 2.01. The van der Waals surface area contributed by atoms with Gasteiger partial charge in [-0.05, 0) is 44.9 Å². The number of nitrogens with one attached hydrogen (secondary N) is 2. The van der Waals surface area contributed by atoms with E-state index in [0.29, 0.717) is 5.69 Å². The molecule has 0 bridgehead atoms. The Morgan fingerprint density at radius 2 is 2.10 bits per heavy atom. The summed E-state index contributed by atoms with van der Waals surface area (Å²) in [5.41, 5.74) is 0.436. The standard InChI is InChI=1S/C14H20N2O4S/c1-10(2)20-9-14(17)15-12-4-3-5-13(8-12)21(18,19)16-11-6-7-11/h3-5,8,10-11,16H,6-7,9H2,1-2H3,(H,15,17). The number of carbonyl (C=O) groups is 1. The van der Waals surface area contributed by atoms with Crippen molar-refractivity contribution in [2.75, 3.05) is 11.9 Å². The molecule has 0 spiro atoms. The van der Waals surface area contributed by atoms with E-state index in [1.54, 1.807) is 12.1 Å². The number of hydrogen-bond donors (Lipinski definition) is 2. The van der Waals surface area contributed by atoms with Crippen LogP contribution >= 0.6 is 0 Å². The average molecular weight is 312 g/mol. The van der Waals surface area contributed by atoms with Crippen molar-refractivity contribution in [3.63, 3.8) is 0 Å². The highest BCUT2D eigenvalue weighted by Crippen LogP contribution is 2.23. The second-order valence-corrected chi connectivity index (χ2v) is 7.05. The molecule has 2 N–H and O–H groups in total. The predicted octanol–water partition coefficient (Wildman–Crippen LogP) is 1.49. The Kier molecular flexibility index (Phi) is 4.97. The summed E-state index contributed by atoms with van der Waals surface area (Å²) in [6.07, 6.45) is 1.72. The van der Waals surface area contributed by atoms with Gasteiger partial charge in [0, 0.05) is 11.7 Å². The van der Waals surface area contributed by atoms with Crippen LogP contribution in [0.2, 0.25) is 0 Å². The van der Waals surface area contributed by atoms with E-state index >= 15 is 0 Å². The Hall–Kier alpha value is -1.44. The van der Waals surface area contributed by atoms with Crippen molar-refractivity contribution in [1.82, 2.24) is 4.72 Å². The van der Waals surface area contributed by atoms with E-state index < -0.39 is 10.0 Å². The molecule has 1 aliphatic rings. The van der Waals surface area contributed by atoms with Gasteiger partial charge < -0.3 is 10.1 Å². The third-order valence-electron chi connectivity index (χ3n) is 2.88. The van der Waals surface area contributed by atoms with Gasteiger partial charge in [0.25, 0.3) is 0 Å². The monoisotopic (exact) mass is 312 g/mol. The largest absolute Gasteiger partial charge is 0.369 e. The van der Waals surface area contributed by atoms with Gasteiger partial charge in [0.05, 0.1) is 11.0 Å². The maximum Gasteiger partial charge on any atom is 0.250 e. The lowest BCUT2D eigenvalue weighted by molar-refractivity contribution is -0.121. The fourth-order valence-electron chi connectivity index (χ4n) is 1.67. The molecule has 0 radical (unpaired) electrons. The van der Waals surface area contributed by atoms with Crippen molar-refractivity contribution >= 4 is 21.6 Å². The topological polar surface area (TPSA) is 84.5 Å². The Bertz CT molecular complexity index is 609. The summed E-state index contributed by atoms with van der Waals surface area (Å²) < 4.78 is 32.0. The average Bonchev–Trinajstić information content (AvgIpc) is 3.20. The molecule has 1 amide bonds. The van der Waals surface area contributed by atoms with Crippen molar-refractivity contribution < 1.29 is 17.9 Å². The van der Waals surface area contributed by atoms with Crippen LogP contribution in [0.3, 0.4) is 0 Å². The maximum atomic E-state index is 12.1. The van der Waals surface area contributed by atoms with Crippen LogP contribution in [-0.2, 0) is 19.6 Å². The minimum absolute atomic E-state index is 0.0368. The number of ether oxygens (including phenoxy) is 1. The molecule has 1 saturated carbocycles. The number of sulfonamides is 1. The molecule has 0 heterocycles. The zero-order valence-electron chi connectivity index (χ0n) is 12.1. The molecule has 0 aromatic heterocycles. The molecule has 116 valence electrons. The van der Waals surface area contributed by atoms with Gasteiger partial charge in [0.15, 0.2) is 0 Å². The lowest BCUT2D eigenvalue weighted by atomic mass is 10.3. The summed E-state index contributed by atoms with van der Waals surface area (Å²) in [5.74, 6) is -0.312.